The number of hydrogen-bond donors (Lipinski definition) is 1. The molecule has 0 fully saturated rings. The van der Waals surface area contributed by atoms with Crippen LogP contribution in [0.5, 0.6) is 0 Å². The zero-order valence-corrected chi connectivity index (χ0v) is 8.54. The first-order valence-corrected chi connectivity index (χ1v) is 4.50. The van der Waals surface area contributed by atoms with Gasteiger partial charge in [0.2, 0.25) is 0 Å². The Hall–Kier alpha value is -2.26. The third-order valence-electron chi connectivity index (χ3n) is 1.85. The van der Waals surface area contributed by atoms with E-state index < -0.39 is 0 Å². The second kappa shape index (κ2) is 4.83. The van der Waals surface area contributed by atoms with Crippen LogP contribution in [0.15, 0.2) is 30.4 Å². The van der Waals surface area contributed by atoms with Gasteiger partial charge in [-0.25, -0.2) is 0 Å². The van der Waals surface area contributed by atoms with Crippen molar-refractivity contribution in [2.75, 3.05) is 11.9 Å². The van der Waals surface area contributed by atoms with Gasteiger partial charge in [-0.3, -0.25) is 0 Å². The molecule has 3 heteroatoms. The summed E-state index contributed by atoms with van der Waals surface area (Å²) in [5, 5.41) is 20.6. The number of benzene rings is 1. The Kier molecular flexibility index (Phi) is 3.49. The SMILES string of the molecule is C=C(C)CNc1ccc(C#N)c(C#N)c1. The Bertz CT molecular complexity index is 461. The van der Waals surface area contributed by atoms with Gasteiger partial charge in [-0.1, -0.05) is 12.2 Å². The normalized spacial score (nSPS) is 8.73. The van der Waals surface area contributed by atoms with Crippen molar-refractivity contribution in [3.63, 3.8) is 0 Å². The Morgan fingerprint density at radius 3 is 2.53 bits per heavy atom. The molecule has 0 saturated heterocycles. The maximum Gasteiger partial charge on any atom is 0.101 e. The molecule has 0 unspecified atom stereocenters. The predicted octanol–water partition coefficient (Wildman–Crippen LogP) is 2.42. The number of rotatable bonds is 3. The molecule has 0 atom stereocenters. The van der Waals surface area contributed by atoms with Crippen molar-refractivity contribution in [1.82, 2.24) is 0 Å². The molecule has 1 aromatic carbocycles. The van der Waals surface area contributed by atoms with E-state index in [9.17, 15) is 0 Å². The van der Waals surface area contributed by atoms with Gasteiger partial charge in [0.15, 0.2) is 0 Å². The van der Waals surface area contributed by atoms with E-state index in [0.29, 0.717) is 17.7 Å². The average Bonchev–Trinajstić information content (AvgIpc) is 2.25. The summed E-state index contributed by atoms with van der Waals surface area (Å²) in [4.78, 5) is 0. The number of nitrogens with zero attached hydrogens (tertiary/aromatic N) is 2. The lowest BCUT2D eigenvalue weighted by Crippen LogP contribution is -2.02. The van der Waals surface area contributed by atoms with Crippen LogP contribution in [0.3, 0.4) is 0 Å². The van der Waals surface area contributed by atoms with Crippen LogP contribution in [0, 0.1) is 22.7 Å². The number of anilines is 1. The molecule has 1 aromatic rings. The van der Waals surface area contributed by atoms with Gasteiger partial charge in [0.25, 0.3) is 0 Å². The topological polar surface area (TPSA) is 59.6 Å². The van der Waals surface area contributed by atoms with Gasteiger partial charge in [0.05, 0.1) is 11.1 Å². The smallest absolute Gasteiger partial charge is 0.101 e. The van der Waals surface area contributed by atoms with Crippen molar-refractivity contribution in [1.29, 1.82) is 10.5 Å². The molecule has 0 bridgehead atoms. The van der Waals surface area contributed by atoms with Gasteiger partial charge in [0.1, 0.15) is 12.1 Å². The summed E-state index contributed by atoms with van der Waals surface area (Å²) in [6.45, 7) is 6.35. The fraction of sp³-hybridized carbons (Fsp3) is 0.167. The van der Waals surface area contributed by atoms with E-state index in [4.69, 9.17) is 10.5 Å². The molecule has 0 aromatic heterocycles. The molecular weight excluding hydrogens is 186 g/mol. The Balaban J connectivity index is 2.91. The largest absolute Gasteiger partial charge is 0.381 e. The van der Waals surface area contributed by atoms with Crippen LogP contribution in [-0.2, 0) is 0 Å². The van der Waals surface area contributed by atoms with Gasteiger partial charge in [-0.2, -0.15) is 10.5 Å². The molecule has 3 nitrogen and oxygen atoms in total. The van der Waals surface area contributed by atoms with Crippen LogP contribution in [0.4, 0.5) is 5.69 Å². The first-order valence-electron chi connectivity index (χ1n) is 4.50. The van der Waals surface area contributed by atoms with Crippen molar-refractivity contribution >= 4 is 5.69 Å². The third kappa shape index (κ3) is 2.86. The number of nitrogens with one attached hydrogen (secondary N) is 1. The number of hydrogen-bond acceptors (Lipinski definition) is 3. The van der Waals surface area contributed by atoms with Crippen LogP contribution < -0.4 is 5.32 Å². The molecule has 0 aliphatic heterocycles. The van der Waals surface area contributed by atoms with Gasteiger partial charge in [0, 0.05) is 12.2 Å². The van der Waals surface area contributed by atoms with Crippen molar-refractivity contribution in [2.24, 2.45) is 0 Å². The lowest BCUT2D eigenvalue weighted by molar-refractivity contribution is 1.21. The van der Waals surface area contributed by atoms with Crippen LogP contribution in [-0.4, -0.2) is 6.54 Å². The minimum Gasteiger partial charge on any atom is -0.381 e. The summed E-state index contributed by atoms with van der Waals surface area (Å²) in [5.74, 6) is 0. The van der Waals surface area contributed by atoms with Crippen molar-refractivity contribution < 1.29 is 0 Å². The van der Waals surface area contributed by atoms with Crippen LogP contribution in [0.1, 0.15) is 18.1 Å². The molecule has 1 rings (SSSR count). The fourth-order valence-electron chi connectivity index (χ4n) is 1.10. The third-order valence-corrected chi connectivity index (χ3v) is 1.85. The second-order valence-electron chi connectivity index (χ2n) is 3.29. The van der Waals surface area contributed by atoms with Crippen LogP contribution in [0.25, 0.3) is 0 Å². The first kappa shape index (κ1) is 10.8. The Morgan fingerprint density at radius 2 is 2.00 bits per heavy atom. The minimum atomic E-state index is 0.393. The van der Waals surface area contributed by atoms with E-state index >= 15 is 0 Å². The molecule has 0 aliphatic rings. The molecule has 0 saturated carbocycles. The van der Waals surface area contributed by atoms with Gasteiger partial charge >= 0.3 is 0 Å². The monoisotopic (exact) mass is 197 g/mol. The summed E-state index contributed by atoms with van der Waals surface area (Å²) in [5.41, 5.74) is 2.63. The molecule has 0 aliphatic carbocycles. The average molecular weight is 197 g/mol. The maximum atomic E-state index is 8.80. The highest BCUT2D eigenvalue weighted by Gasteiger charge is 2.01. The molecule has 0 heterocycles. The minimum absolute atomic E-state index is 0.393. The molecule has 1 N–H and O–H groups in total. The zero-order chi connectivity index (χ0) is 11.3. The summed E-state index contributed by atoms with van der Waals surface area (Å²) < 4.78 is 0. The highest BCUT2D eigenvalue weighted by Crippen LogP contribution is 2.14. The quantitative estimate of drug-likeness (QED) is 0.757. The van der Waals surface area contributed by atoms with E-state index in [1.807, 2.05) is 19.1 Å². The van der Waals surface area contributed by atoms with Crippen molar-refractivity contribution in [2.45, 2.75) is 6.92 Å². The summed E-state index contributed by atoms with van der Waals surface area (Å²) in [6, 6.07) is 9.05. The van der Waals surface area contributed by atoms with Gasteiger partial charge < -0.3 is 5.32 Å². The predicted molar refractivity (Wildman–Crippen MR) is 59.2 cm³/mol. The molecule has 74 valence electrons. The van der Waals surface area contributed by atoms with E-state index in [-0.39, 0.29) is 0 Å². The molecule has 0 spiro atoms. The van der Waals surface area contributed by atoms with E-state index in [1.54, 1.807) is 18.2 Å². The second-order valence-corrected chi connectivity index (χ2v) is 3.29. The molecular formula is C12H11N3. The zero-order valence-electron chi connectivity index (χ0n) is 8.54. The molecule has 0 amide bonds. The van der Waals surface area contributed by atoms with Gasteiger partial charge in [-0.05, 0) is 25.1 Å². The van der Waals surface area contributed by atoms with Gasteiger partial charge in [-0.15, -0.1) is 0 Å². The standard InChI is InChI=1S/C12H11N3/c1-9(2)8-15-12-4-3-10(6-13)11(5-12)7-14/h3-5,15H,1,8H2,2H3. The lowest BCUT2D eigenvalue weighted by Gasteiger charge is -2.06. The summed E-state index contributed by atoms with van der Waals surface area (Å²) >= 11 is 0. The summed E-state index contributed by atoms with van der Waals surface area (Å²) in [6.07, 6.45) is 0. The highest BCUT2D eigenvalue weighted by molar-refractivity contribution is 5.56. The fourth-order valence-corrected chi connectivity index (χ4v) is 1.10. The molecule has 0 radical (unpaired) electrons. The summed E-state index contributed by atoms with van der Waals surface area (Å²) in [7, 11) is 0. The Morgan fingerprint density at radius 1 is 1.33 bits per heavy atom. The van der Waals surface area contributed by atoms with Crippen molar-refractivity contribution in [3.8, 4) is 12.1 Å². The molecule has 15 heavy (non-hydrogen) atoms. The maximum absolute atomic E-state index is 8.80. The lowest BCUT2D eigenvalue weighted by atomic mass is 10.1. The van der Waals surface area contributed by atoms with Crippen molar-refractivity contribution in [3.05, 3.63) is 41.5 Å². The van der Waals surface area contributed by atoms with E-state index in [1.165, 1.54) is 0 Å². The van der Waals surface area contributed by atoms with Crippen LogP contribution >= 0.6 is 0 Å². The van der Waals surface area contributed by atoms with E-state index in [0.717, 1.165) is 11.3 Å². The van der Waals surface area contributed by atoms with E-state index in [2.05, 4.69) is 11.9 Å². The Labute approximate surface area is 89.3 Å². The van der Waals surface area contributed by atoms with Crippen LogP contribution in [0.2, 0.25) is 0 Å². The first-order chi connectivity index (χ1) is 7.17. The number of nitriles is 2. The highest BCUT2D eigenvalue weighted by atomic mass is 14.9.